The molecular formula is C47H45Cl3N6O6S. The van der Waals surface area contributed by atoms with Crippen LogP contribution in [-0.4, -0.2) is 62.6 Å². The van der Waals surface area contributed by atoms with Crippen molar-refractivity contribution in [1.29, 1.82) is 0 Å². The third kappa shape index (κ3) is 10.2. The van der Waals surface area contributed by atoms with Crippen LogP contribution in [0.2, 0.25) is 15.1 Å². The van der Waals surface area contributed by atoms with E-state index < -0.39 is 27.5 Å². The number of piperazine rings is 1. The van der Waals surface area contributed by atoms with Gasteiger partial charge in [-0.1, -0.05) is 78.5 Å². The lowest BCUT2D eigenvalue weighted by Crippen LogP contribution is -2.47. The molecule has 63 heavy (non-hydrogen) atoms. The number of fused-ring (bicyclic) bond motifs is 1. The fraction of sp³-hybridized carbons (Fsp3) is 0.277. The predicted octanol–water partition coefficient (Wildman–Crippen LogP) is 11.3. The highest BCUT2D eigenvalue weighted by Gasteiger charge is 2.31. The van der Waals surface area contributed by atoms with Crippen LogP contribution in [0, 0.1) is 22.5 Å². The van der Waals surface area contributed by atoms with Crippen molar-refractivity contribution in [3.8, 4) is 17.2 Å². The van der Waals surface area contributed by atoms with Gasteiger partial charge >= 0.3 is 5.69 Å². The van der Waals surface area contributed by atoms with Gasteiger partial charge in [-0.2, -0.15) is 0 Å². The molecule has 4 aromatic carbocycles. The molecule has 2 N–H and O–H groups in total. The molecule has 1 atom stereocenters. The van der Waals surface area contributed by atoms with E-state index in [1.165, 1.54) is 23.6 Å². The molecule has 16 heteroatoms. The Balaban J connectivity index is 1.02. The summed E-state index contributed by atoms with van der Waals surface area (Å²) in [6.07, 6.45) is 6.55. The first-order chi connectivity index (χ1) is 30.2. The molecule has 6 aromatic rings. The summed E-state index contributed by atoms with van der Waals surface area (Å²) in [4.78, 5) is 37.8. The SMILES string of the molecule is Cc1c(Cl)c(C(=O)NS(=O)c2ccc(N3CCN(CC4=C(c5ccc(Cl)cc5)CC(C)(C)CC4)CC3)cc2Oc2cnc3[nH]ccc3c2)cc([N+](=O)[O-])c1OCc1ccc(Cl)cc1. The van der Waals surface area contributed by atoms with Crippen LogP contribution in [-0.2, 0) is 17.6 Å². The molecule has 0 spiro atoms. The second kappa shape index (κ2) is 18.7. The number of H-pyrrole nitrogens is 1. The zero-order valence-corrected chi connectivity index (χ0v) is 38.0. The topological polar surface area (TPSA) is 143 Å². The molecule has 12 nitrogen and oxygen atoms in total. The largest absolute Gasteiger partial charge is 0.482 e. The number of nitrogens with zero attached hydrogens (tertiary/aromatic N) is 4. The maximum Gasteiger partial charge on any atom is 0.312 e. The van der Waals surface area contributed by atoms with Crippen LogP contribution in [0.3, 0.4) is 0 Å². The molecule has 1 saturated heterocycles. The van der Waals surface area contributed by atoms with E-state index in [-0.39, 0.29) is 44.6 Å². The number of hydrogen-bond donors (Lipinski definition) is 2. The van der Waals surface area contributed by atoms with Crippen molar-refractivity contribution in [2.45, 2.75) is 51.5 Å². The molecular weight excluding hydrogens is 883 g/mol. The highest BCUT2D eigenvalue weighted by Crippen LogP contribution is 2.44. The molecule has 1 amide bonds. The van der Waals surface area contributed by atoms with Crippen molar-refractivity contribution >= 4 is 79.7 Å². The van der Waals surface area contributed by atoms with Crippen LogP contribution in [0.15, 0.2) is 108 Å². The fourth-order valence-corrected chi connectivity index (χ4v) is 9.44. The van der Waals surface area contributed by atoms with Gasteiger partial charge in [0.2, 0.25) is 5.75 Å². The van der Waals surface area contributed by atoms with Crippen LogP contribution >= 0.6 is 34.8 Å². The van der Waals surface area contributed by atoms with Crippen LogP contribution < -0.4 is 19.1 Å². The lowest BCUT2D eigenvalue weighted by molar-refractivity contribution is -0.386. The maximum absolute atomic E-state index is 14.1. The smallest absolute Gasteiger partial charge is 0.312 e. The van der Waals surface area contributed by atoms with Crippen LogP contribution in [0.1, 0.15) is 60.2 Å². The Hall–Kier alpha value is -5.44. The number of nitro groups is 1. The number of aromatic nitrogens is 2. The lowest BCUT2D eigenvalue weighted by atomic mass is 9.72. The number of nitrogens with one attached hydrogen (secondary N) is 2. The summed E-state index contributed by atoms with van der Waals surface area (Å²) in [5.74, 6) is -0.327. The van der Waals surface area contributed by atoms with Gasteiger partial charge in [-0.25, -0.2) is 9.19 Å². The Morgan fingerprint density at radius 1 is 0.968 bits per heavy atom. The minimum absolute atomic E-state index is 0.00537. The Labute approximate surface area is 382 Å². The zero-order valence-electron chi connectivity index (χ0n) is 34.9. The summed E-state index contributed by atoms with van der Waals surface area (Å²) in [7, 11) is -2.20. The van der Waals surface area contributed by atoms with Crippen molar-refractivity contribution in [1.82, 2.24) is 19.6 Å². The Bertz CT molecular complexity index is 2750. The summed E-state index contributed by atoms with van der Waals surface area (Å²) in [6.45, 7) is 10.3. The molecule has 1 unspecified atom stereocenters. The Morgan fingerprint density at radius 3 is 2.40 bits per heavy atom. The van der Waals surface area contributed by atoms with E-state index in [1.54, 1.807) is 42.7 Å². The van der Waals surface area contributed by atoms with Gasteiger partial charge in [-0.3, -0.25) is 24.5 Å². The van der Waals surface area contributed by atoms with Crippen molar-refractivity contribution in [2.75, 3.05) is 37.6 Å². The highest BCUT2D eigenvalue weighted by molar-refractivity contribution is 7.83. The van der Waals surface area contributed by atoms with Crippen LogP contribution in [0.5, 0.6) is 17.2 Å². The monoisotopic (exact) mass is 926 g/mol. The van der Waals surface area contributed by atoms with E-state index in [4.69, 9.17) is 44.3 Å². The van der Waals surface area contributed by atoms with Crippen molar-refractivity contribution in [3.63, 3.8) is 0 Å². The average Bonchev–Trinajstić information content (AvgIpc) is 3.74. The zero-order chi connectivity index (χ0) is 44.4. The first-order valence-electron chi connectivity index (χ1n) is 20.5. The molecule has 326 valence electrons. The molecule has 3 heterocycles. The maximum atomic E-state index is 14.1. The van der Waals surface area contributed by atoms with Gasteiger partial charge in [0.25, 0.3) is 5.91 Å². The van der Waals surface area contributed by atoms with Crippen LogP contribution in [0.4, 0.5) is 11.4 Å². The molecule has 8 rings (SSSR count). The summed E-state index contributed by atoms with van der Waals surface area (Å²) in [6, 6.07) is 25.1. The lowest BCUT2D eigenvalue weighted by Gasteiger charge is -2.39. The summed E-state index contributed by atoms with van der Waals surface area (Å²) >= 11 is 18.9. The van der Waals surface area contributed by atoms with E-state index in [1.807, 2.05) is 36.4 Å². The number of anilines is 1. The predicted molar refractivity (Wildman–Crippen MR) is 250 cm³/mol. The van der Waals surface area contributed by atoms with Gasteiger partial charge in [-0.15, -0.1) is 0 Å². The van der Waals surface area contributed by atoms with Gasteiger partial charge in [0.1, 0.15) is 28.6 Å². The van der Waals surface area contributed by atoms with Crippen molar-refractivity contribution < 1.29 is 23.4 Å². The number of carbonyl (C=O) groups excluding carboxylic acids is 1. The van der Waals surface area contributed by atoms with E-state index in [9.17, 15) is 19.1 Å². The summed E-state index contributed by atoms with van der Waals surface area (Å²) < 4.78 is 28.9. The number of rotatable bonds is 13. The molecule has 0 radical (unpaired) electrons. The molecule has 1 aliphatic heterocycles. The standard InChI is InChI=1S/C47H45Cl3N6O6S/c1-29-43(50)38(24-40(56(58)59)44(29)61-28-30-4-8-34(48)9-5-30)46(57)53-63(60)42-13-12-36(23-41(42)62-37-22-32-15-17-51-45(32)52-26-37)55-20-18-54(19-21-55)27-33-14-16-47(2,3)25-39(33)31-6-10-35(49)11-7-31/h4-13,15,17,22-24,26H,14,16,18-21,25,27-28H2,1-3H3,(H,51,52)(H,53,57). The van der Waals surface area contributed by atoms with Gasteiger partial charge in [0.05, 0.1) is 21.7 Å². The number of ether oxygens (including phenoxy) is 2. The number of pyridine rings is 1. The van der Waals surface area contributed by atoms with Crippen LogP contribution in [0.25, 0.3) is 16.6 Å². The van der Waals surface area contributed by atoms with Gasteiger partial charge in [-0.05, 0) is 96.8 Å². The second-order valence-electron chi connectivity index (χ2n) is 16.6. The third-order valence-corrected chi connectivity index (χ3v) is 13.7. The fourth-order valence-electron chi connectivity index (χ4n) is 8.10. The van der Waals surface area contributed by atoms with Gasteiger partial charge < -0.3 is 19.4 Å². The van der Waals surface area contributed by atoms with E-state index in [2.05, 4.69) is 50.5 Å². The number of allylic oxidation sites excluding steroid dienone is 1. The van der Waals surface area contributed by atoms with E-state index in [0.29, 0.717) is 16.4 Å². The van der Waals surface area contributed by atoms with E-state index in [0.717, 1.165) is 79.7 Å². The number of benzene rings is 4. The number of halogens is 3. The van der Waals surface area contributed by atoms with Gasteiger partial charge in [0, 0.05) is 77.7 Å². The number of nitro benzene ring substituents is 1. The first-order valence-corrected chi connectivity index (χ1v) is 22.8. The van der Waals surface area contributed by atoms with Crippen molar-refractivity contribution in [3.05, 3.63) is 150 Å². The number of amides is 1. The normalized spacial score (nSPS) is 15.9. The number of carbonyl (C=O) groups is 1. The second-order valence-corrected chi connectivity index (χ2v) is 19.0. The molecule has 1 fully saturated rings. The molecule has 0 bridgehead atoms. The summed E-state index contributed by atoms with van der Waals surface area (Å²) in [5, 5.41) is 14.3. The molecule has 1 aliphatic carbocycles. The molecule has 0 saturated carbocycles. The van der Waals surface area contributed by atoms with Crippen molar-refractivity contribution in [2.24, 2.45) is 5.41 Å². The first kappa shape index (κ1) is 44.2. The molecule has 2 aliphatic rings. The minimum atomic E-state index is -2.20. The number of aromatic amines is 1. The summed E-state index contributed by atoms with van der Waals surface area (Å²) in [5.41, 5.74) is 6.10. The Morgan fingerprint density at radius 2 is 1.68 bits per heavy atom. The van der Waals surface area contributed by atoms with Gasteiger partial charge in [0.15, 0.2) is 11.0 Å². The highest BCUT2D eigenvalue weighted by atomic mass is 35.5. The van der Waals surface area contributed by atoms with E-state index >= 15 is 0 Å². The molecule has 2 aromatic heterocycles. The number of hydrogen-bond acceptors (Lipinski definition) is 9. The Kier molecular flexibility index (Phi) is 13.1. The third-order valence-electron chi connectivity index (χ3n) is 11.6. The quantitative estimate of drug-likeness (QED) is 0.0854. The average molecular weight is 928 g/mol. The minimum Gasteiger partial charge on any atom is -0.482 e.